The second-order valence-electron chi connectivity index (χ2n) is 7.19. The van der Waals surface area contributed by atoms with E-state index in [1.54, 1.807) is 0 Å². The van der Waals surface area contributed by atoms with E-state index in [-0.39, 0.29) is 13.2 Å². The van der Waals surface area contributed by atoms with Gasteiger partial charge in [0.15, 0.2) is 0 Å². The van der Waals surface area contributed by atoms with E-state index in [2.05, 4.69) is 70.7 Å². The average Bonchev–Trinajstić information content (AvgIpc) is 3.09. The molecule has 138 valence electrons. The summed E-state index contributed by atoms with van der Waals surface area (Å²) in [5.41, 5.74) is 3.29. The molecule has 26 heavy (non-hydrogen) atoms. The van der Waals surface area contributed by atoms with Crippen molar-refractivity contribution >= 4 is 10.9 Å². The largest absolute Gasteiger partial charge is 0.394 e. The lowest BCUT2D eigenvalue weighted by atomic mass is 10.0. The lowest BCUT2D eigenvalue weighted by molar-refractivity contribution is 0.104. The van der Waals surface area contributed by atoms with Crippen LogP contribution in [0.25, 0.3) is 10.9 Å². The molecule has 0 aliphatic heterocycles. The monoisotopic (exact) mass is 352 g/mol. The Balaban J connectivity index is 1.66. The van der Waals surface area contributed by atoms with Gasteiger partial charge in [-0.05, 0) is 48.4 Å². The van der Waals surface area contributed by atoms with Gasteiger partial charge in [0.25, 0.3) is 0 Å². The molecule has 0 bridgehead atoms. The van der Waals surface area contributed by atoms with Gasteiger partial charge in [0, 0.05) is 24.8 Å². The van der Waals surface area contributed by atoms with Crippen LogP contribution in [0.4, 0.5) is 0 Å². The number of hydrogen-bond donors (Lipinski definition) is 3. The fraction of sp³-hybridized carbons (Fsp3) is 0.364. The van der Waals surface area contributed by atoms with E-state index in [4.69, 9.17) is 0 Å². The van der Waals surface area contributed by atoms with E-state index < -0.39 is 5.54 Å². The minimum Gasteiger partial charge on any atom is -0.394 e. The molecular formula is C22H28N2O2. The van der Waals surface area contributed by atoms with Crippen LogP contribution in [0.3, 0.4) is 0 Å². The van der Waals surface area contributed by atoms with E-state index in [1.807, 2.05) is 6.92 Å². The van der Waals surface area contributed by atoms with Gasteiger partial charge >= 0.3 is 0 Å². The van der Waals surface area contributed by atoms with Crippen molar-refractivity contribution in [1.82, 2.24) is 9.88 Å². The van der Waals surface area contributed by atoms with Gasteiger partial charge in [-0.15, -0.1) is 0 Å². The normalized spacial score (nSPS) is 12.0. The van der Waals surface area contributed by atoms with Gasteiger partial charge in [-0.1, -0.05) is 42.5 Å². The number of aromatic nitrogens is 1. The van der Waals surface area contributed by atoms with E-state index in [9.17, 15) is 10.2 Å². The Morgan fingerprint density at radius 1 is 0.923 bits per heavy atom. The van der Waals surface area contributed by atoms with Gasteiger partial charge in [-0.3, -0.25) is 0 Å². The molecule has 4 heteroatoms. The molecular weight excluding hydrogens is 324 g/mol. The molecule has 3 N–H and O–H groups in total. The van der Waals surface area contributed by atoms with E-state index in [0.717, 1.165) is 19.4 Å². The predicted octanol–water partition coefficient (Wildman–Crippen LogP) is 2.76. The fourth-order valence-electron chi connectivity index (χ4n) is 3.15. The highest BCUT2D eigenvalue weighted by molar-refractivity contribution is 5.80. The predicted molar refractivity (Wildman–Crippen MR) is 106 cm³/mol. The Morgan fingerprint density at radius 2 is 1.65 bits per heavy atom. The summed E-state index contributed by atoms with van der Waals surface area (Å²) in [6.07, 6.45) is 4.17. The minimum absolute atomic E-state index is 0.0838. The lowest BCUT2D eigenvalue weighted by Crippen LogP contribution is -2.49. The summed E-state index contributed by atoms with van der Waals surface area (Å²) in [5.74, 6) is 0. The molecule has 0 aliphatic carbocycles. The first kappa shape index (κ1) is 18.6. The molecule has 3 rings (SSSR count). The number of fused-ring (bicyclic) bond motifs is 1. The van der Waals surface area contributed by atoms with Crippen molar-refractivity contribution in [2.24, 2.45) is 0 Å². The second kappa shape index (κ2) is 8.49. The molecule has 0 amide bonds. The van der Waals surface area contributed by atoms with Crippen LogP contribution in [0.5, 0.6) is 0 Å². The van der Waals surface area contributed by atoms with Crippen LogP contribution in [-0.2, 0) is 19.4 Å². The zero-order valence-electron chi connectivity index (χ0n) is 15.4. The molecule has 2 aromatic carbocycles. The number of benzene rings is 2. The summed E-state index contributed by atoms with van der Waals surface area (Å²) in [5, 5.41) is 23.2. The van der Waals surface area contributed by atoms with Crippen LogP contribution in [-0.4, -0.2) is 40.1 Å². The smallest absolute Gasteiger partial charge is 0.0633 e. The fourth-order valence-corrected chi connectivity index (χ4v) is 3.15. The van der Waals surface area contributed by atoms with Crippen molar-refractivity contribution in [1.29, 1.82) is 0 Å². The van der Waals surface area contributed by atoms with Crippen molar-refractivity contribution in [3.05, 3.63) is 71.9 Å². The molecule has 3 aromatic rings. The topological polar surface area (TPSA) is 57.4 Å². The van der Waals surface area contributed by atoms with Crippen LogP contribution < -0.4 is 5.32 Å². The lowest BCUT2D eigenvalue weighted by Gasteiger charge is -2.26. The molecule has 1 heterocycles. The molecule has 4 nitrogen and oxygen atoms in total. The third-order valence-corrected chi connectivity index (χ3v) is 4.99. The number of aryl methyl sites for hydroxylation is 2. The van der Waals surface area contributed by atoms with E-state index in [1.165, 1.54) is 22.0 Å². The van der Waals surface area contributed by atoms with Crippen LogP contribution in [0.1, 0.15) is 18.1 Å². The summed E-state index contributed by atoms with van der Waals surface area (Å²) in [6, 6.07) is 19.4. The number of hydrogen-bond acceptors (Lipinski definition) is 3. The highest BCUT2D eigenvalue weighted by atomic mass is 16.3. The highest BCUT2D eigenvalue weighted by Gasteiger charge is 2.20. The zero-order chi connectivity index (χ0) is 18.4. The van der Waals surface area contributed by atoms with E-state index >= 15 is 0 Å². The first-order chi connectivity index (χ1) is 12.6. The van der Waals surface area contributed by atoms with Gasteiger partial charge in [0.1, 0.15) is 0 Å². The molecule has 1 aromatic heterocycles. The highest BCUT2D eigenvalue weighted by Crippen LogP contribution is 2.19. The Hall–Kier alpha value is -2.14. The molecule has 0 radical (unpaired) electrons. The van der Waals surface area contributed by atoms with Crippen molar-refractivity contribution in [2.45, 2.75) is 31.8 Å². The number of rotatable bonds is 9. The molecule has 0 atom stereocenters. The molecule has 0 spiro atoms. The molecule has 0 saturated carbocycles. The summed E-state index contributed by atoms with van der Waals surface area (Å²) in [4.78, 5) is 0. The second-order valence-corrected chi connectivity index (χ2v) is 7.19. The third kappa shape index (κ3) is 4.52. The quantitative estimate of drug-likeness (QED) is 0.555. The van der Waals surface area contributed by atoms with Crippen LogP contribution in [0.15, 0.2) is 60.8 Å². The Bertz CT molecular complexity index is 823. The first-order valence-electron chi connectivity index (χ1n) is 9.22. The van der Waals surface area contributed by atoms with E-state index in [0.29, 0.717) is 6.54 Å². The van der Waals surface area contributed by atoms with Crippen molar-refractivity contribution in [3.63, 3.8) is 0 Å². The van der Waals surface area contributed by atoms with Crippen molar-refractivity contribution < 1.29 is 10.2 Å². The zero-order valence-corrected chi connectivity index (χ0v) is 15.4. The molecule has 0 fully saturated rings. The maximum absolute atomic E-state index is 9.37. The van der Waals surface area contributed by atoms with Gasteiger partial charge in [0.2, 0.25) is 0 Å². The van der Waals surface area contributed by atoms with Crippen molar-refractivity contribution in [3.8, 4) is 0 Å². The number of nitrogens with one attached hydrogen (secondary N) is 1. The van der Waals surface area contributed by atoms with Crippen LogP contribution >= 0.6 is 0 Å². The molecule has 0 aliphatic rings. The number of aliphatic hydroxyl groups excluding tert-OH is 2. The number of nitrogens with zero attached hydrogens (tertiary/aromatic N) is 1. The first-order valence-corrected chi connectivity index (χ1v) is 9.22. The van der Waals surface area contributed by atoms with Gasteiger partial charge < -0.3 is 20.1 Å². The maximum atomic E-state index is 9.37. The van der Waals surface area contributed by atoms with Crippen molar-refractivity contribution in [2.75, 3.05) is 19.8 Å². The molecule has 0 unspecified atom stereocenters. The van der Waals surface area contributed by atoms with Gasteiger partial charge in [0.05, 0.1) is 18.8 Å². The minimum atomic E-state index is -0.635. The Kier molecular flexibility index (Phi) is 6.09. The van der Waals surface area contributed by atoms with Gasteiger partial charge in [-0.25, -0.2) is 0 Å². The summed E-state index contributed by atoms with van der Waals surface area (Å²) >= 11 is 0. The Morgan fingerprint density at radius 3 is 2.38 bits per heavy atom. The summed E-state index contributed by atoms with van der Waals surface area (Å²) in [6.45, 7) is 3.14. The molecule has 0 saturated heterocycles. The third-order valence-electron chi connectivity index (χ3n) is 4.99. The summed E-state index contributed by atoms with van der Waals surface area (Å²) < 4.78 is 2.23. The standard InChI is InChI=1S/C22H28N2O2/c1-22(16-25,17-26)23-12-14-24-13-11-20-10-9-19(15-21(20)24)8-7-18-5-3-2-4-6-18/h2-6,9-11,13,15,23,25-26H,7-8,12,14,16-17H2,1H3. The summed E-state index contributed by atoms with van der Waals surface area (Å²) in [7, 11) is 0. The van der Waals surface area contributed by atoms with Gasteiger partial charge in [-0.2, -0.15) is 0 Å². The van der Waals surface area contributed by atoms with Crippen LogP contribution in [0.2, 0.25) is 0 Å². The maximum Gasteiger partial charge on any atom is 0.0633 e. The SMILES string of the molecule is CC(CO)(CO)NCCn1ccc2ccc(CCc3ccccc3)cc21. The Labute approximate surface area is 155 Å². The number of aliphatic hydroxyl groups is 2. The van der Waals surface area contributed by atoms with Crippen LogP contribution in [0, 0.1) is 0 Å². The average molecular weight is 352 g/mol.